The smallest absolute Gasteiger partial charge is 0.266 e. The molecule has 7 heteroatoms. The predicted molar refractivity (Wildman–Crippen MR) is 139 cm³/mol. The highest BCUT2D eigenvalue weighted by Gasteiger charge is 2.39. The number of imide groups is 1. The van der Waals surface area contributed by atoms with E-state index in [0.29, 0.717) is 23.4 Å². The van der Waals surface area contributed by atoms with Crippen molar-refractivity contribution < 1.29 is 14.4 Å². The predicted octanol–water partition coefficient (Wildman–Crippen LogP) is 6.01. The molecule has 0 fully saturated rings. The largest absolute Gasteiger partial charge is 0.326 e. The zero-order valence-electron chi connectivity index (χ0n) is 19.3. The molecule has 3 amide bonds. The van der Waals surface area contributed by atoms with Gasteiger partial charge in [0.05, 0.1) is 22.9 Å². The number of thiophene rings is 2. The standard InChI is InChI=1S/C28H22N2O3S2/c1-16-5-6-17(2)22(14-16)30-27(32)19-8-7-18(15-21(19)28(30)33)26(31)29-11-9-23-20(10-13-35-23)25(29)24-4-3-12-34-24/h3-8,10,12-15,25H,9,11H2,1-2H3. The van der Waals surface area contributed by atoms with Crippen molar-refractivity contribution in [1.82, 2.24) is 4.90 Å². The van der Waals surface area contributed by atoms with Gasteiger partial charge >= 0.3 is 0 Å². The van der Waals surface area contributed by atoms with Crippen LogP contribution in [0.4, 0.5) is 5.69 Å². The minimum Gasteiger partial charge on any atom is -0.326 e. The molecule has 0 N–H and O–H groups in total. The van der Waals surface area contributed by atoms with Crippen LogP contribution in [0.3, 0.4) is 0 Å². The number of amides is 3. The molecule has 5 nitrogen and oxygen atoms in total. The summed E-state index contributed by atoms with van der Waals surface area (Å²) in [4.78, 5) is 45.9. The fourth-order valence-electron chi connectivity index (χ4n) is 5.01. The molecule has 0 saturated carbocycles. The van der Waals surface area contributed by atoms with Crippen molar-refractivity contribution in [1.29, 1.82) is 0 Å². The molecule has 2 aromatic heterocycles. The molecule has 0 bridgehead atoms. The second-order valence-corrected chi connectivity index (χ2v) is 10.9. The van der Waals surface area contributed by atoms with Crippen LogP contribution >= 0.6 is 22.7 Å². The lowest BCUT2D eigenvalue weighted by Crippen LogP contribution is -2.39. The maximum Gasteiger partial charge on any atom is 0.266 e. The van der Waals surface area contributed by atoms with Gasteiger partial charge in [0, 0.05) is 21.9 Å². The number of carbonyl (C=O) groups excluding carboxylic acids is 3. The molecule has 2 aliphatic heterocycles. The maximum atomic E-state index is 13.8. The zero-order chi connectivity index (χ0) is 24.3. The molecule has 6 rings (SSSR count). The number of aryl methyl sites for hydroxylation is 2. The van der Waals surface area contributed by atoms with Gasteiger partial charge in [0.2, 0.25) is 0 Å². The Bertz CT molecular complexity index is 1500. The zero-order valence-corrected chi connectivity index (χ0v) is 20.9. The monoisotopic (exact) mass is 498 g/mol. The Morgan fingerprint density at radius 1 is 0.914 bits per heavy atom. The minimum atomic E-state index is -0.387. The summed E-state index contributed by atoms with van der Waals surface area (Å²) in [7, 11) is 0. The second kappa shape index (κ2) is 8.29. The van der Waals surface area contributed by atoms with E-state index in [9.17, 15) is 14.4 Å². The Labute approximate surface area is 211 Å². The number of benzene rings is 2. The number of rotatable bonds is 3. The molecule has 1 unspecified atom stereocenters. The number of hydrogen-bond acceptors (Lipinski definition) is 5. The lowest BCUT2D eigenvalue weighted by Gasteiger charge is -2.35. The van der Waals surface area contributed by atoms with E-state index in [-0.39, 0.29) is 29.3 Å². The SMILES string of the molecule is Cc1ccc(C)c(N2C(=O)c3ccc(C(=O)N4CCc5sccc5C4c4cccs4)cc3C2=O)c1. The fraction of sp³-hybridized carbons (Fsp3) is 0.179. The lowest BCUT2D eigenvalue weighted by atomic mass is 9.96. The Balaban J connectivity index is 1.37. The van der Waals surface area contributed by atoms with Crippen LogP contribution in [-0.2, 0) is 6.42 Å². The first-order chi connectivity index (χ1) is 16.9. The number of anilines is 1. The van der Waals surface area contributed by atoms with E-state index in [1.54, 1.807) is 40.9 Å². The summed E-state index contributed by atoms with van der Waals surface area (Å²) < 4.78 is 0. The molecule has 0 aliphatic carbocycles. The minimum absolute atomic E-state index is 0.131. The quantitative estimate of drug-likeness (QED) is 0.325. The Morgan fingerprint density at radius 3 is 2.54 bits per heavy atom. The van der Waals surface area contributed by atoms with Crippen molar-refractivity contribution in [2.45, 2.75) is 26.3 Å². The van der Waals surface area contributed by atoms with E-state index >= 15 is 0 Å². The van der Waals surface area contributed by atoms with Crippen LogP contribution in [0.2, 0.25) is 0 Å². The molecule has 0 saturated heterocycles. The summed E-state index contributed by atoms with van der Waals surface area (Å²) in [6.07, 6.45) is 0.809. The fourth-order valence-corrected chi connectivity index (χ4v) is 6.77. The van der Waals surface area contributed by atoms with Gasteiger partial charge in [0.15, 0.2) is 0 Å². The van der Waals surface area contributed by atoms with Gasteiger partial charge in [-0.05, 0) is 84.1 Å². The Kier molecular flexibility index (Phi) is 5.20. The summed E-state index contributed by atoms with van der Waals surface area (Å²) in [5, 5.41) is 4.11. The molecule has 1 atom stereocenters. The third kappa shape index (κ3) is 3.46. The van der Waals surface area contributed by atoms with Crippen molar-refractivity contribution in [3.63, 3.8) is 0 Å². The average Bonchev–Trinajstić information content (AvgIpc) is 3.61. The molecule has 2 aliphatic rings. The van der Waals surface area contributed by atoms with Gasteiger partial charge < -0.3 is 4.90 Å². The highest BCUT2D eigenvalue weighted by Crippen LogP contribution is 2.40. The first-order valence-electron chi connectivity index (χ1n) is 11.4. The molecule has 0 radical (unpaired) electrons. The molecule has 2 aromatic carbocycles. The molecule has 0 spiro atoms. The number of hydrogen-bond donors (Lipinski definition) is 0. The van der Waals surface area contributed by atoms with E-state index in [0.717, 1.165) is 22.4 Å². The van der Waals surface area contributed by atoms with Crippen LogP contribution in [0.5, 0.6) is 0 Å². The Morgan fingerprint density at radius 2 is 1.74 bits per heavy atom. The van der Waals surface area contributed by atoms with Gasteiger partial charge in [-0.15, -0.1) is 22.7 Å². The van der Waals surface area contributed by atoms with Crippen LogP contribution < -0.4 is 4.90 Å². The second-order valence-electron chi connectivity index (χ2n) is 8.96. The molecule has 4 aromatic rings. The van der Waals surface area contributed by atoms with E-state index in [1.807, 2.05) is 48.4 Å². The van der Waals surface area contributed by atoms with E-state index in [2.05, 4.69) is 17.5 Å². The van der Waals surface area contributed by atoms with Crippen LogP contribution in [-0.4, -0.2) is 29.2 Å². The third-order valence-corrected chi connectivity index (χ3v) is 8.70. The maximum absolute atomic E-state index is 13.8. The van der Waals surface area contributed by atoms with Crippen molar-refractivity contribution >= 4 is 46.1 Å². The summed E-state index contributed by atoms with van der Waals surface area (Å²) in [5.41, 5.74) is 4.61. The molecular weight excluding hydrogens is 476 g/mol. The number of nitrogens with zero attached hydrogens (tertiary/aromatic N) is 2. The van der Waals surface area contributed by atoms with E-state index in [1.165, 1.54) is 15.3 Å². The highest BCUT2D eigenvalue weighted by molar-refractivity contribution is 7.10. The van der Waals surface area contributed by atoms with Crippen molar-refractivity contribution in [3.05, 3.63) is 108 Å². The number of carbonyl (C=O) groups is 3. The summed E-state index contributed by atoms with van der Waals surface area (Å²) >= 11 is 3.37. The van der Waals surface area contributed by atoms with E-state index < -0.39 is 0 Å². The van der Waals surface area contributed by atoms with Crippen LogP contribution in [0.15, 0.2) is 65.4 Å². The first-order valence-corrected chi connectivity index (χ1v) is 13.2. The van der Waals surface area contributed by atoms with Gasteiger partial charge in [0.25, 0.3) is 17.7 Å². The molecule has 174 valence electrons. The first kappa shape index (κ1) is 21.9. The normalized spacial score (nSPS) is 17.0. The van der Waals surface area contributed by atoms with Gasteiger partial charge in [-0.1, -0.05) is 18.2 Å². The molecular formula is C28H22N2O3S2. The van der Waals surface area contributed by atoms with Crippen LogP contribution in [0.1, 0.15) is 63.6 Å². The van der Waals surface area contributed by atoms with Gasteiger partial charge in [-0.25, -0.2) is 4.90 Å². The van der Waals surface area contributed by atoms with Gasteiger partial charge in [-0.2, -0.15) is 0 Å². The van der Waals surface area contributed by atoms with Gasteiger partial charge in [-0.3, -0.25) is 14.4 Å². The van der Waals surface area contributed by atoms with E-state index in [4.69, 9.17) is 0 Å². The lowest BCUT2D eigenvalue weighted by molar-refractivity contribution is 0.0698. The van der Waals surface area contributed by atoms with Crippen LogP contribution in [0, 0.1) is 13.8 Å². The third-order valence-electron chi connectivity index (χ3n) is 6.78. The highest BCUT2D eigenvalue weighted by atomic mass is 32.1. The number of fused-ring (bicyclic) bond motifs is 2. The van der Waals surface area contributed by atoms with Gasteiger partial charge in [0.1, 0.15) is 0 Å². The molecule has 35 heavy (non-hydrogen) atoms. The van der Waals surface area contributed by atoms with Crippen LogP contribution in [0.25, 0.3) is 0 Å². The summed E-state index contributed by atoms with van der Waals surface area (Å²) in [6.45, 7) is 4.42. The summed E-state index contributed by atoms with van der Waals surface area (Å²) in [5.74, 6) is -0.870. The van der Waals surface area contributed by atoms with Crippen molar-refractivity contribution in [3.8, 4) is 0 Å². The van der Waals surface area contributed by atoms with Crippen molar-refractivity contribution in [2.24, 2.45) is 0 Å². The summed E-state index contributed by atoms with van der Waals surface area (Å²) in [6, 6.07) is 16.6. The topological polar surface area (TPSA) is 57.7 Å². The Hall–Kier alpha value is -3.55. The van der Waals surface area contributed by atoms with Crippen molar-refractivity contribution in [2.75, 3.05) is 11.4 Å². The average molecular weight is 499 g/mol. The molecule has 4 heterocycles.